The third-order valence-electron chi connectivity index (χ3n) is 3.81. The van der Waals surface area contributed by atoms with Crippen LogP contribution >= 0.6 is 0 Å². The molecule has 6 nitrogen and oxygen atoms in total. The van der Waals surface area contributed by atoms with Gasteiger partial charge in [-0.3, -0.25) is 9.63 Å². The first-order chi connectivity index (χ1) is 12.8. The molecular weight excluding hydrogens is 344 g/mol. The molecule has 6 heteroatoms. The normalized spacial score (nSPS) is 12.3. The van der Waals surface area contributed by atoms with Crippen molar-refractivity contribution >= 4 is 12.0 Å². The quantitative estimate of drug-likeness (QED) is 0.764. The Balaban J connectivity index is 2.43. The van der Waals surface area contributed by atoms with Gasteiger partial charge in [0.2, 0.25) is 0 Å². The Hall–Kier alpha value is -2.86. The van der Waals surface area contributed by atoms with Crippen LogP contribution in [0.4, 0.5) is 4.79 Å². The molecular formula is C21H26N2O4. The van der Waals surface area contributed by atoms with Crippen LogP contribution < -0.4 is 10.8 Å². The molecule has 2 N–H and O–H groups in total. The molecule has 0 fully saturated rings. The van der Waals surface area contributed by atoms with E-state index in [1.807, 2.05) is 60.7 Å². The second-order valence-corrected chi connectivity index (χ2v) is 7.09. The van der Waals surface area contributed by atoms with Gasteiger partial charge in [-0.1, -0.05) is 60.7 Å². The molecule has 0 heterocycles. The number of alkyl carbamates (subject to hydrolysis) is 1. The van der Waals surface area contributed by atoms with Crippen LogP contribution in [-0.4, -0.2) is 30.8 Å². The molecule has 0 bridgehead atoms. The predicted molar refractivity (Wildman–Crippen MR) is 103 cm³/mol. The SMILES string of the molecule is CONC(=O)C(NC(=O)OC(C)(C)C)C(c1ccccc1)c1ccccc1. The Morgan fingerprint density at radius 3 is 1.78 bits per heavy atom. The molecule has 0 saturated heterocycles. The summed E-state index contributed by atoms with van der Waals surface area (Å²) in [5, 5.41) is 2.70. The molecule has 0 aromatic heterocycles. The zero-order chi connectivity index (χ0) is 19.9. The van der Waals surface area contributed by atoms with Crippen LogP contribution in [0.2, 0.25) is 0 Å². The van der Waals surface area contributed by atoms with Gasteiger partial charge < -0.3 is 10.1 Å². The van der Waals surface area contributed by atoms with Gasteiger partial charge in [-0.05, 0) is 31.9 Å². The van der Waals surface area contributed by atoms with Crippen molar-refractivity contribution in [2.75, 3.05) is 7.11 Å². The molecule has 2 aromatic rings. The van der Waals surface area contributed by atoms with Gasteiger partial charge in [-0.15, -0.1) is 0 Å². The minimum Gasteiger partial charge on any atom is -0.444 e. The van der Waals surface area contributed by atoms with Crippen molar-refractivity contribution in [2.24, 2.45) is 0 Å². The molecule has 2 aromatic carbocycles. The van der Waals surface area contributed by atoms with Crippen LogP contribution in [0.1, 0.15) is 37.8 Å². The molecule has 0 aliphatic rings. The number of carbonyl (C=O) groups excluding carboxylic acids is 2. The fourth-order valence-electron chi connectivity index (χ4n) is 2.80. The molecule has 0 aliphatic carbocycles. The van der Waals surface area contributed by atoms with Crippen molar-refractivity contribution in [3.8, 4) is 0 Å². The minimum atomic E-state index is -0.926. The average Bonchev–Trinajstić information content (AvgIpc) is 2.61. The van der Waals surface area contributed by atoms with Crippen LogP contribution in [0.15, 0.2) is 60.7 Å². The van der Waals surface area contributed by atoms with E-state index in [1.165, 1.54) is 7.11 Å². The zero-order valence-electron chi connectivity index (χ0n) is 16.1. The molecule has 1 unspecified atom stereocenters. The van der Waals surface area contributed by atoms with Crippen LogP contribution in [-0.2, 0) is 14.4 Å². The number of benzene rings is 2. The van der Waals surface area contributed by atoms with Gasteiger partial charge >= 0.3 is 6.09 Å². The number of nitrogens with one attached hydrogen (secondary N) is 2. The molecule has 0 spiro atoms. The maximum atomic E-state index is 12.7. The standard InChI is InChI=1S/C21H26N2O4/c1-21(2,3)27-20(25)22-18(19(24)23-26-4)17(15-11-7-5-8-12-15)16-13-9-6-10-14-16/h5-14,17-18H,1-4H3,(H,22,25)(H,23,24). The number of hydrogen-bond acceptors (Lipinski definition) is 4. The number of amides is 2. The molecule has 2 rings (SSSR count). The third kappa shape index (κ3) is 6.11. The van der Waals surface area contributed by atoms with Crippen molar-refractivity contribution in [3.63, 3.8) is 0 Å². The van der Waals surface area contributed by atoms with Crippen molar-refractivity contribution in [1.82, 2.24) is 10.8 Å². The number of rotatable bonds is 6. The van der Waals surface area contributed by atoms with Gasteiger partial charge in [0.15, 0.2) is 0 Å². The van der Waals surface area contributed by atoms with E-state index in [1.54, 1.807) is 20.8 Å². The van der Waals surface area contributed by atoms with E-state index < -0.39 is 29.6 Å². The van der Waals surface area contributed by atoms with E-state index in [0.717, 1.165) is 11.1 Å². The Kier molecular flexibility index (Phi) is 6.96. The lowest BCUT2D eigenvalue weighted by Gasteiger charge is -2.29. The van der Waals surface area contributed by atoms with Crippen molar-refractivity contribution < 1.29 is 19.2 Å². The van der Waals surface area contributed by atoms with Crippen molar-refractivity contribution in [3.05, 3.63) is 71.8 Å². The smallest absolute Gasteiger partial charge is 0.408 e. The van der Waals surface area contributed by atoms with E-state index in [-0.39, 0.29) is 0 Å². The van der Waals surface area contributed by atoms with E-state index in [9.17, 15) is 9.59 Å². The Bertz CT molecular complexity index is 702. The summed E-state index contributed by atoms with van der Waals surface area (Å²) >= 11 is 0. The average molecular weight is 370 g/mol. The summed E-state index contributed by atoms with van der Waals surface area (Å²) in [6.45, 7) is 5.30. The zero-order valence-corrected chi connectivity index (χ0v) is 16.1. The van der Waals surface area contributed by atoms with E-state index in [4.69, 9.17) is 9.57 Å². The molecule has 2 amide bonds. The van der Waals surface area contributed by atoms with Gasteiger partial charge in [0, 0.05) is 5.92 Å². The topological polar surface area (TPSA) is 76.7 Å². The molecule has 0 aliphatic heterocycles. The summed E-state index contributed by atoms with van der Waals surface area (Å²) in [4.78, 5) is 29.9. The first kappa shape index (κ1) is 20.5. The maximum absolute atomic E-state index is 12.7. The van der Waals surface area contributed by atoms with E-state index in [2.05, 4.69) is 10.8 Å². The number of hydrogen-bond donors (Lipinski definition) is 2. The monoisotopic (exact) mass is 370 g/mol. The van der Waals surface area contributed by atoms with Crippen molar-refractivity contribution in [1.29, 1.82) is 0 Å². The fourth-order valence-corrected chi connectivity index (χ4v) is 2.80. The highest BCUT2D eigenvalue weighted by atomic mass is 16.6. The second-order valence-electron chi connectivity index (χ2n) is 7.09. The maximum Gasteiger partial charge on any atom is 0.408 e. The molecule has 0 saturated carbocycles. The molecule has 0 radical (unpaired) electrons. The summed E-state index contributed by atoms with van der Waals surface area (Å²) in [5.41, 5.74) is 3.42. The van der Waals surface area contributed by atoms with Gasteiger partial charge in [0.05, 0.1) is 7.11 Å². The van der Waals surface area contributed by atoms with E-state index in [0.29, 0.717) is 0 Å². The summed E-state index contributed by atoms with van der Waals surface area (Å²) in [6.07, 6.45) is -0.671. The Morgan fingerprint density at radius 2 is 1.37 bits per heavy atom. The number of carbonyl (C=O) groups is 2. The second kappa shape index (κ2) is 9.19. The largest absolute Gasteiger partial charge is 0.444 e. The molecule has 27 heavy (non-hydrogen) atoms. The van der Waals surface area contributed by atoms with Crippen LogP contribution in [0.3, 0.4) is 0 Å². The number of hydroxylamine groups is 1. The van der Waals surface area contributed by atoms with Gasteiger partial charge in [-0.25, -0.2) is 10.3 Å². The highest BCUT2D eigenvalue weighted by molar-refractivity contribution is 5.86. The minimum absolute atomic E-state index is 0.421. The summed E-state index contributed by atoms with van der Waals surface area (Å²) in [7, 11) is 1.35. The lowest BCUT2D eigenvalue weighted by molar-refractivity contribution is -0.133. The first-order valence-corrected chi connectivity index (χ1v) is 8.74. The van der Waals surface area contributed by atoms with E-state index >= 15 is 0 Å². The summed E-state index contributed by atoms with van der Waals surface area (Å²) in [5.74, 6) is -0.892. The van der Waals surface area contributed by atoms with Crippen molar-refractivity contribution in [2.45, 2.75) is 38.3 Å². The molecule has 1 atom stereocenters. The van der Waals surface area contributed by atoms with Crippen LogP contribution in [0.5, 0.6) is 0 Å². The Morgan fingerprint density at radius 1 is 0.889 bits per heavy atom. The predicted octanol–water partition coefficient (Wildman–Crippen LogP) is 3.39. The van der Waals surface area contributed by atoms with Gasteiger partial charge in [-0.2, -0.15) is 0 Å². The van der Waals surface area contributed by atoms with Gasteiger partial charge in [0.25, 0.3) is 5.91 Å². The van der Waals surface area contributed by atoms with Gasteiger partial charge in [0.1, 0.15) is 11.6 Å². The van der Waals surface area contributed by atoms with Crippen LogP contribution in [0, 0.1) is 0 Å². The molecule has 144 valence electrons. The fraction of sp³-hybridized carbons (Fsp3) is 0.333. The van der Waals surface area contributed by atoms with Crippen LogP contribution in [0.25, 0.3) is 0 Å². The summed E-state index contributed by atoms with van der Waals surface area (Å²) < 4.78 is 5.35. The highest BCUT2D eigenvalue weighted by Crippen LogP contribution is 2.28. The summed E-state index contributed by atoms with van der Waals surface area (Å²) in [6, 6.07) is 18.1. The lowest BCUT2D eigenvalue weighted by Crippen LogP contribution is -2.51. The lowest BCUT2D eigenvalue weighted by atomic mass is 9.84. The highest BCUT2D eigenvalue weighted by Gasteiger charge is 2.33. The first-order valence-electron chi connectivity index (χ1n) is 8.74. The third-order valence-corrected chi connectivity index (χ3v) is 3.81. The Labute approximate surface area is 159 Å². The number of ether oxygens (including phenoxy) is 1.